The van der Waals surface area contributed by atoms with Crippen LogP contribution in [0.1, 0.15) is 155 Å². The Morgan fingerprint density at radius 1 is 0.658 bits per heavy atom. The fourth-order valence-corrected chi connectivity index (χ4v) is 4.95. The molecule has 0 saturated heterocycles. The van der Waals surface area contributed by atoms with Crippen LogP contribution in [-0.2, 0) is 14.3 Å². The van der Waals surface area contributed by atoms with Gasteiger partial charge in [0.15, 0.2) is 6.10 Å². The third-order valence-corrected chi connectivity index (χ3v) is 7.09. The zero-order chi connectivity index (χ0) is 28.3. The van der Waals surface area contributed by atoms with Crippen LogP contribution in [0.25, 0.3) is 0 Å². The molecule has 0 aliphatic carbocycles. The van der Waals surface area contributed by atoms with Crippen molar-refractivity contribution in [2.45, 2.75) is 161 Å². The normalized spacial score (nSPS) is 12.7. The Labute approximate surface area is 236 Å². The maximum atomic E-state index is 12.1. The van der Waals surface area contributed by atoms with Crippen LogP contribution in [0.5, 0.6) is 0 Å². The molecule has 1 unspecified atom stereocenters. The van der Waals surface area contributed by atoms with Crippen LogP contribution < -0.4 is 0 Å². The fraction of sp³-hybridized carbons (Fsp3) is 0.879. The maximum absolute atomic E-state index is 12.1. The summed E-state index contributed by atoms with van der Waals surface area (Å²) in [5.74, 6) is -1.18. The molecule has 0 fully saturated rings. The minimum atomic E-state index is -0.923. The average molecular weight is 539 g/mol. The Bertz CT molecular complexity index is 582. The highest BCUT2D eigenvalue weighted by atomic mass is 16.5. The van der Waals surface area contributed by atoms with Gasteiger partial charge in [0.05, 0.1) is 27.6 Å². The van der Waals surface area contributed by atoms with E-state index >= 15 is 0 Å². The first-order chi connectivity index (χ1) is 18.2. The van der Waals surface area contributed by atoms with Gasteiger partial charge in [-0.05, 0) is 32.1 Å². The van der Waals surface area contributed by atoms with Crippen LogP contribution >= 0.6 is 0 Å². The van der Waals surface area contributed by atoms with E-state index in [1.165, 1.54) is 116 Å². The number of rotatable bonds is 28. The number of allylic oxidation sites excluding steroid dienone is 2. The lowest BCUT2D eigenvalue weighted by Gasteiger charge is -2.28. The monoisotopic (exact) mass is 538 g/mol. The van der Waals surface area contributed by atoms with E-state index in [4.69, 9.17) is 9.84 Å². The Hall–Kier alpha value is -1.36. The van der Waals surface area contributed by atoms with Gasteiger partial charge in [-0.15, -0.1) is 0 Å². The molecule has 0 rings (SSSR count). The first kappa shape index (κ1) is 36.6. The summed E-state index contributed by atoms with van der Waals surface area (Å²) in [6.07, 6.45) is 31.9. The van der Waals surface area contributed by atoms with Crippen molar-refractivity contribution in [1.82, 2.24) is 0 Å². The average Bonchev–Trinajstić information content (AvgIpc) is 2.83. The minimum absolute atomic E-state index is 0.127. The molecule has 0 aromatic carbocycles. The van der Waals surface area contributed by atoms with Crippen molar-refractivity contribution >= 4 is 11.9 Å². The molecule has 5 heteroatoms. The Morgan fingerprint density at radius 2 is 1.05 bits per heavy atom. The van der Waals surface area contributed by atoms with Gasteiger partial charge in [0.2, 0.25) is 0 Å². The number of hydrogen-bond donors (Lipinski definition) is 1. The molecule has 0 aromatic rings. The van der Waals surface area contributed by atoms with E-state index < -0.39 is 12.1 Å². The topological polar surface area (TPSA) is 63.6 Å². The summed E-state index contributed by atoms with van der Waals surface area (Å²) in [6, 6.07) is 0. The number of nitrogens with zero attached hydrogens (tertiary/aromatic N) is 1. The lowest BCUT2D eigenvalue weighted by Crippen LogP contribution is -2.43. The van der Waals surface area contributed by atoms with Gasteiger partial charge in [-0.2, -0.15) is 0 Å². The first-order valence-electron chi connectivity index (χ1n) is 16.1. The first-order valence-corrected chi connectivity index (χ1v) is 16.1. The standard InChI is InChI=1S/C33H63NO4/c1-5-6-7-8-9-10-11-12-13-14-15-16-17-18-19-20-21-22-23-24-25-26-27-28-33(37)38-31(29-32(35)36)30-34(2,3)4/h12-13,31H,5-11,14-30H2,1-4H3/p+1/b13-12+. The molecule has 1 atom stereocenters. The van der Waals surface area contributed by atoms with Gasteiger partial charge in [-0.1, -0.05) is 122 Å². The number of carboxylic acids is 1. The largest absolute Gasteiger partial charge is 0.481 e. The maximum Gasteiger partial charge on any atom is 0.307 e. The van der Waals surface area contributed by atoms with Crippen LogP contribution in [0, 0.1) is 0 Å². The van der Waals surface area contributed by atoms with Gasteiger partial charge in [0.1, 0.15) is 6.54 Å². The number of aliphatic carboxylic acids is 1. The zero-order valence-electron chi connectivity index (χ0n) is 25.8. The number of likely N-dealkylation sites (N-methyl/N-ethyl adjacent to an activating group) is 1. The molecule has 0 radical (unpaired) electrons. The highest BCUT2D eigenvalue weighted by Crippen LogP contribution is 2.15. The van der Waals surface area contributed by atoms with E-state index in [9.17, 15) is 9.59 Å². The van der Waals surface area contributed by atoms with Crippen LogP contribution in [0.2, 0.25) is 0 Å². The molecule has 0 spiro atoms. The predicted molar refractivity (Wildman–Crippen MR) is 161 cm³/mol. The van der Waals surface area contributed by atoms with Crippen molar-refractivity contribution in [2.75, 3.05) is 27.7 Å². The van der Waals surface area contributed by atoms with Crippen molar-refractivity contribution in [3.05, 3.63) is 12.2 Å². The van der Waals surface area contributed by atoms with E-state index in [0.717, 1.165) is 19.3 Å². The van der Waals surface area contributed by atoms with Crippen LogP contribution in [0.4, 0.5) is 0 Å². The second kappa shape index (κ2) is 25.9. The van der Waals surface area contributed by atoms with E-state index in [1.807, 2.05) is 21.1 Å². The van der Waals surface area contributed by atoms with Gasteiger partial charge in [-0.25, -0.2) is 0 Å². The van der Waals surface area contributed by atoms with Crippen molar-refractivity contribution in [3.8, 4) is 0 Å². The Morgan fingerprint density at radius 3 is 1.45 bits per heavy atom. The third-order valence-electron chi connectivity index (χ3n) is 7.09. The molecule has 0 saturated carbocycles. The highest BCUT2D eigenvalue weighted by molar-refractivity contribution is 5.71. The Balaban J connectivity index is 3.42. The summed E-state index contributed by atoms with van der Waals surface area (Å²) < 4.78 is 6.02. The van der Waals surface area contributed by atoms with Gasteiger partial charge in [0, 0.05) is 6.42 Å². The molecule has 0 aromatic heterocycles. The smallest absolute Gasteiger partial charge is 0.307 e. The molecule has 224 valence electrons. The molecule has 0 heterocycles. The lowest BCUT2D eigenvalue weighted by molar-refractivity contribution is -0.873. The molecule has 1 N–H and O–H groups in total. The molecule has 0 bridgehead atoms. The van der Waals surface area contributed by atoms with Crippen LogP contribution in [0.15, 0.2) is 12.2 Å². The number of carboxylic acid groups (broad SMARTS) is 1. The van der Waals surface area contributed by atoms with Gasteiger partial charge < -0.3 is 14.3 Å². The van der Waals surface area contributed by atoms with Crippen molar-refractivity contribution in [1.29, 1.82) is 0 Å². The predicted octanol–water partition coefficient (Wildman–Crippen LogP) is 9.24. The van der Waals surface area contributed by atoms with E-state index in [1.54, 1.807) is 0 Å². The fourth-order valence-electron chi connectivity index (χ4n) is 4.95. The molecular weight excluding hydrogens is 474 g/mol. The summed E-state index contributed by atoms with van der Waals surface area (Å²) in [7, 11) is 5.92. The quantitative estimate of drug-likeness (QED) is 0.0466. The number of hydrogen-bond acceptors (Lipinski definition) is 3. The van der Waals surface area contributed by atoms with Gasteiger partial charge in [-0.3, -0.25) is 9.59 Å². The number of quaternary nitrogens is 1. The number of ether oxygens (including phenoxy) is 1. The summed E-state index contributed by atoms with van der Waals surface area (Å²) >= 11 is 0. The Kier molecular flexibility index (Phi) is 25.0. The number of carbonyl (C=O) groups excluding carboxylic acids is 1. The summed E-state index contributed by atoms with van der Waals surface area (Å²) in [6.45, 7) is 2.79. The molecular formula is C33H64NO4+. The van der Waals surface area contributed by atoms with Gasteiger partial charge >= 0.3 is 11.9 Å². The van der Waals surface area contributed by atoms with Gasteiger partial charge in [0.25, 0.3) is 0 Å². The second-order valence-corrected chi connectivity index (χ2v) is 12.3. The van der Waals surface area contributed by atoms with Crippen molar-refractivity contribution in [3.63, 3.8) is 0 Å². The van der Waals surface area contributed by atoms with Crippen molar-refractivity contribution in [2.24, 2.45) is 0 Å². The molecule has 38 heavy (non-hydrogen) atoms. The number of esters is 1. The summed E-state index contributed by atoms with van der Waals surface area (Å²) in [5.41, 5.74) is 0. The molecule has 0 aliphatic rings. The summed E-state index contributed by atoms with van der Waals surface area (Å²) in [5, 5.41) is 9.06. The number of unbranched alkanes of at least 4 members (excludes halogenated alkanes) is 19. The summed E-state index contributed by atoms with van der Waals surface area (Å²) in [4.78, 5) is 23.2. The number of carbonyl (C=O) groups is 2. The van der Waals surface area contributed by atoms with E-state index in [0.29, 0.717) is 17.4 Å². The van der Waals surface area contributed by atoms with E-state index in [2.05, 4.69) is 19.1 Å². The molecule has 0 aliphatic heterocycles. The van der Waals surface area contributed by atoms with E-state index in [-0.39, 0.29) is 12.4 Å². The minimum Gasteiger partial charge on any atom is -0.481 e. The van der Waals surface area contributed by atoms with Crippen LogP contribution in [-0.4, -0.2) is 55.3 Å². The molecule has 0 amide bonds. The lowest BCUT2D eigenvalue weighted by atomic mass is 10.0. The van der Waals surface area contributed by atoms with Crippen molar-refractivity contribution < 1.29 is 23.9 Å². The molecule has 5 nitrogen and oxygen atoms in total. The zero-order valence-corrected chi connectivity index (χ0v) is 25.8. The third kappa shape index (κ3) is 29.2. The highest BCUT2D eigenvalue weighted by Gasteiger charge is 2.24. The SMILES string of the molecule is CCCCCCCC/C=C/CCCCCCCCCCCCCCCC(=O)OC(CC(=O)O)C[N+](C)(C)C. The second-order valence-electron chi connectivity index (χ2n) is 12.3. The van der Waals surface area contributed by atoms with Crippen LogP contribution in [0.3, 0.4) is 0 Å².